The van der Waals surface area contributed by atoms with Crippen LogP contribution in [-0.4, -0.2) is 32.9 Å². The van der Waals surface area contributed by atoms with Crippen molar-refractivity contribution in [2.45, 2.75) is 4.90 Å². The minimum absolute atomic E-state index is 0.165. The third-order valence-corrected chi connectivity index (χ3v) is 5.06. The highest BCUT2D eigenvalue weighted by molar-refractivity contribution is 7.99. The van der Waals surface area contributed by atoms with Gasteiger partial charge in [0, 0.05) is 16.9 Å². The van der Waals surface area contributed by atoms with Gasteiger partial charge < -0.3 is 14.2 Å². The Morgan fingerprint density at radius 1 is 1.08 bits per heavy atom. The third kappa shape index (κ3) is 3.22. The Kier molecular flexibility index (Phi) is 4.99. The lowest BCUT2D eigenvalue weighted by molar-refractivity contribution is 0.103. The molecule has 0 saturated heterocycles. The van der Waals surface area contributed by atoms with Gasteiger partial charge in [0.15, 0.2) is 17.3 Å². The van der Waals surface area contributed by atoms with Crippen molar-refractivity contribution >= 4 is 23.6 Å². The maximum absolute atomic E-state index is 13.8. The van der Waals surface area contributed by atoms with E-state index in [1.165, 1.54) is 39.2 Å². The van der Waals surface area contributed by atoms with Crippen LogP contribution in [0.3, 0.4) is 0 Å². The van der Waals surface area contributed by atoms with Crippen LogP contribution in [0.15, 0.2) is 40.8 Å². The molecule has 3 rings (SSSR count). The molecule has 0 spiro atoms. The fourth-order valence-corrected chi connectivity index (χ4v) is 3.75. The topological polar surface area (TPSA) is 44.8 Å². The van der Waals surface area contributed by atoms with E-state index in [9.17, 15) is 9.18 Å². The highest BCUT2D eigenvalue weighted by Gasteiger charge is 2.25. The quantitative estimate of drug-likeness (QED) is 0.764. The number of thioether (sulfide) groups is 1. The van der Waals surface area contributed by atoms with Gasteiger partial charge in [0.1, 0.15) is 5.82 Å². The molecule has 25 heavy (non-hydrogen) atoms. The summed E-state index contributed by atoms with van der Waals surface area (Å²) >= 11 is 1.32. The standard InChI is InChI=1S/C19H17FO4S/c1-22-15-8-11(9-16(23-2)18(15)24-3)7-12-10-25-19-13(17(12)21)5-4-6-14(19)20/h4-9H,10H2,1-3H3/b12-7+. The van der Waals surface area contributed by atoms with Gasteiger partial charge in [-0.25, -0.2) is 4.39 Å². The van der Waals surface area contributed by atoms with Gasteiger partial charge in [-0.2, -0.15) is 0 Å². The number of halogens is 1. The molecule has 130 valence electrons. The smallest absolute Gasteiger partial charge is 0.203 e. The number of ketones is 1. The van der Waals surface area contributed by atoms with Gasteiger partial charge in [0.25, 0.3) is 0 Å². The zero-order valence-electron chi connectivity index (χ0n) is 14.1. The normalized spacial score (nSPS) is 15.0. The fraction of sp³-hybridized carbons (Fsp3) is 0.211. The molecule has 2 aromatic carbocycles. The number of fused-ring (bicyclic) bond motifs is 1. The summed E-state index contributed by atoms with van der Waals surface area (Å²) in [5.41, 5.74) is 1.74. The van der Waals surface area contributed by atoms with Crippen LogP contribution in [0.25, 0.3) is 6.08 Å². The zero-order valence-corrected chi connectivity index (χ0v) is 14.9. The highest BCUT2D eigenvalue weighted by atomic mass is 32.2. The van der Waals surface area contributed by atoms with Crippen molar-refractivity contribution in [3.63, 3.8) is 0 Å². The Morgan fingerprint density at radius 3 is 2.36 bits per heavy atom. The second-order valence-corrected chi connectivity index (χ2v) is 6.35. The van der Waals surface area contributed by atoms with Gasteiger partial charge in [-0.15, -0.1) is 11.8 Å². The molecule has 0 radical (unpaired) electrons. The number of ether oxygens (including phenoxy) is 3. The number of hydrogen-bond donors (Lipinski definition) is 0. The Balaban J connectivity index is 2.03. The van der Waals surface area contributed by atoms with Gasteiger partial charge in [-0.05, 0) is 35.9 Å². The van der Waals surface area contributed by atoms with E-state index >= 15 is 0 Å². The monoisotopic (exact) mass is 360 g/mol. The van der Waals surface area contributed by atoms with Crippen LogP contribution in [0.4, 0.5) is 4.39 Å². The predicted molar refractivity (Wildman–Crippen MR) is 95.5 cm³/mol. The maximum Gasteiger partial charge on any atom is 0.203 e. The first-order valence-electron chi connectivity index (χ1n) is 7.55. The largest absolute Gasteiger partial charge is 0.493 e. The molecule has 0 saturated carbocycles. The molecule has 1 aliphatic heterocycles. The summed E-state index contributed by atoms with van der Waals surface area (Å²) in [4.78, 5) is 13.1. The van der Waals surface area contributed by atoms with Gasteiger partial charge >= 0.3 is 0 Å². The number of benzene rings is 2. The molecular weight excluding hydrogens is 343 g/mol. The second-order valence-electron chi connectivity index (χ2n) is 5.36. The molecular formula is C19H17FO4S. The average Bonchev–Trinajstić information content (AvgIpc) is 2.63. The van der Waals surface area contributed by atoms with Crippen molar-refractivity contribution in [1.82, 2.24) is 0 Å². The number of carbonyl (C=O) groups excluding carboxylic acids is 1. The van der Waals surface area contributed by atoms with E-state index in [4.69, 9.17) is 14.2 Å². The molecule has 4 nitrogen and oxygen atoms in total. The van der Waals surface area contributed by atoms with Crippen LogP contribution in [0.1, 0.15) is 15.9 Å². The summed E-state index contributed by atoms with van der Waals surface area (Å²) in [6, 6.07) is 8.11. The average molecular weight is 360 g/mol. The number of rotatable bonds is 4. The van der Waals surface area contributed by atoms with Gasteiger partial charge in [-0.3, -0.25) is 4.79 Å². The lowest BCUT2D eigenvalue weighted by Crippen LogP contribution is -2.13. The first-order valence-corrected chi connectivity index (χ1v) is 8.54. The SMILES string of the molecule is COc1cc(/C=C2\CSc3c(F)cccc3C2=O)cc(OC)c1OC. The van der Waals surface area contributed by atoms with Crippen molar-refractivity contribution in [1.29, 1.82) is 0 Å². The lowest BCUT2D eigenvalue weighted by atomic mass is 10.0. The number of Topliss-reactive ketones (excluding diaryl/α,β-unsaturated/α-hetero) is 1. The van der Waals surface area contributed by atoms with E-state index in [-0.39, 0.29) is 11.6 Å². The highest BCUT2D eigenvalue weighted by Crippen LogP contribution is 2.40. The van der Waals surface area contributed by atoms with E-state index < -0.39 is 0 Å². The van der Waals surface area contributed by atoms with Crippen molar-refractivity contribution in [2.75, 3.05) is 27.1 Å². The molecule has 1 heterocycles. The number of hydrogen-bond acceptors (Lipinski definition) is 5. The van der Waals surface area contributed by atoms with E-state index in [0.29, 0.717) is 39.0 Å². The minimum atomic E-state index is -0.359. The number of methoxy groups -OCH3 is 3. The first kappa shape index (κ1) is 17.4. The summed E-state index contributed by atoms with van der Waals surface area (Å²) in [6.45, 7) is 0. The van der Waals surface area contributed by atoms with Gasteiger partial charge in [-0.1, -0.05) is 6.07 Å². The summed E-state index contributed by atoms with van der Waals surface area (Å²) in [7, 11) is 4.61. The fourth-order valence-electron chi connectivity index (χ4n) is 2.72. The minimum Gasteiger partial charge on any atom is -0.493 e. The summed E-state index contributed by atoms with van der Waals surface area (Å²) in [5.74, 6) is 1.39. The second kappa shape index (κ2) is 7.19. The van der Waals surface area contributed by atoms with Crippen LogP contribution in [0.5, 0.6) is 17.2 Å². The predicted octanol–water partition coefficient (Wildman–Crippen LogP) is 4.22. The molecule has 0 aliphatic carbocycles. The van der Waals surface area contributed by atoms with Crippen LogP contribution in [0.2, 0.25) is 0 Å². The molecule has 0 amide bonds. The summed E-state index contributed by atoms with van der Waals surface area (Å²) in [6.07, 6.45) is 1.77. The van der Waals surface area contributed by atoms with Crippen molar-refractivity contribution < 1.29 is 23.4 Å². The van der Waals surface area contributed by atoms with Crippen LogP contribution in [-0.2, 0) is 0 Å². The Labute approximate surface area is 149 Å². The number of carbonyl (C=O) groups is 1. The van der Waals surface area contributed by atoms with E-state index in [1.54, 1.807) is 30.3 Å². The Hall–Kier alpha value is -2.47. The summed E-state index contributed by atoms with van der Waals surface area (Å²) in [5, 5.41) is 0. The lowest BCUT2D eigenvalue weighted by Gasteiger charge is -2.18. The van der Waals surface area contributed by atoms with Crippen LogP contribution >= 0.6 is 11.8 Å². The van der Waals surface area contributed by atoms with Crippen LogP contribution < -0.4 is 14.2 Å². The third-order valence-electron chi connectivity index (χ3n) is 3.90. The Bertz CT molecular complexity index is 835. The molecule has 0 N–H and O–H groups in total. The molecule has 0 aromatic heterocycles. The van der Waals surface area contributed by atoms with E-state index in [1.807, 2.05) is 0 Å². The molecule has 1 aliphatic rings. The Morgan fingerprint density at radius 2 is 1.76 bits per heavy atom. The molecule has 0 unspecified atom stereocenters. The zero-order chi connectivity index (χ0) is 18.0. The van der Waals surface area contributed by atoms with Gasteiger partial charge in [0.2, 0.25) is 5.75 Å². The molecule has 2 aromatic rings. The molecule has 0 atom stereocenters. The van der Waals surface area contributed by atoms with Crippen LogP contribution in [0, 0.1) is 5.82 Å². The molecule has 0 bridgehead atoms. The molecule has 6 heteroatoms. The molecule has 0 fully saturated rings. The van der Waals surface area contributed by atoms with E-state index in [0.717, 1.165) is 5.56 Å². The van der Waals surface area contributed by atoms with Crippen molar-refractivity contribution in [2.24, 2.45) is 0 Å². The maximum atomic E-state index is 13.8. The van der Waals surface area contributed by atoms with Crippen molar-refractivity contribution in [3.05, 3.63) is 52.8 Å². The van der Waals surface area contributed by atoms with Gasteiger partial charge in [0.05, 0.1) is 26.2 Å². The van der Waals surface area contributed by atoms with Crippen molar-refractivity contribution in [3.8, 4) is 17.2 Å². The van der Waals surface area contributed by atoms with E-state index in [2.05, 4.69) is 0 Å². The summed E-state index contributed by atoms with van der Waals surface area (Å²) < 4.78 is 29.8. The first-order chi connectivity index (χ1) is 12.1.